The van der Waals surface area contributed by atoms with Crippen LogP contribution in [0, 0.1) is 5.92 Å². The summed E-state index contributed by atoms with van der Waals surface area (Å²) in [4.78, 5) is 17.2. The van der Waals surface area contributed by atoms with Gasteiger partial charge in [-0.05, 0) is 37.0 Å². The van der Waals surface area contributed by atoms with Crippen LogP contribution in [0.3, 0.4) is 0 Å². The maximum atomic E-state index is 12.8. The summed E-state index contributed by atoms with van der Waals surface area (Å²) in [6.45, 7) is 6.24. The van der Waals surface area contributed by atoms with E-state index in [-0.39, 0.29) is 6.03 Å². The van der Waals surface area contributed by atoms with E-state index >= 15 is 0 Å². The van der Waals surface area contributed by atoms with Crippen LogP contribution in [-0.2, 0) is 6.54 Å². The number of likely N-dealkylation sites (tertiary alicyclic amines) is 2. The smallest absolute Gasteiger partial charge is 0.322 e. The first-order valence-corrected chi connectivity index (χ1v) is 9.80. The van der Waals surface area contributed by atoms with Crippen molar-refractivity contribution in [3.8, 4) is 5.75 Å². The molecule has 0 bridgehead atoms. The molecule has 0 unspecified atom stereocenters. The van der Waals surface area contributed by atoms with E-state index in [2.05, 4.69) is 40.5 Å². The number of amides is 2. The maximum absolute atomic E-state index is 12.8. The van der Waals surface area contributed by atoms with Gasteiger partial charge in [-0.1, -0.05) is 42.5 Å². The highest BCUT2D eigenvalue weighted by atomic mass is 16.5. The number of fused-ring (bicyclic) bond motifs is 1. The van der Waals surface area contributed by atoms with E-state index in [0.717, 1.165) is 44.0 Å². The second-order valence-electron chi connectivity index (χ2n) is 7.34. The lowest BCUT2D eigenvalue weighted by Crippen LogP contribution is -2.64. The third-order valence-corrected chi connectivity index (χ3v) is 5.60. The highest BCUT2D eigenvalue weighted by Crippen LogP contribution is 2.34. The molecule has 2 heterocycles. The average molecular weight is 365 g/mol. The fourth-order valence-corrected chi connectivity index (χ4v) is 4.14. The minimum Gasteiger partial charge on any atom is -0.492 e. The molecule has 2 aliphatic rings. The number of anilines is 1. The van der Waals surface area contributed by atoms with E-state index in [4.69, 9.17) is 4.74 Å². The highest BCUT2D eigenvalue weighted by molar-refractivity contribution is 5.91. The van der Waals surface area contributed by atoms with E-state index in [1.165, 1.54) is 5.56 Å². The van der Waals surface area contributed by atoms with Crippen LogP contribution in [0.1, 0.15) is 18.9 Å². The largest absolute Gasteiger partial charge is 0.492 e. The molecule has 2 aliphatic heterocycles. The Morgan fingerprint density at radius 1 is 1.11 bits per heavy atom. The average Bonchev–Trinajstić information content (AvgIpc) is 2.68. The lowest BCUT2D eigenvalue weighted by Gasteiger charge is -2.53. The topological polar surface area (TPSA) is 44.8 Å². The maximum Gasteiger partial charge on any atom is 0.322 e. The van der Waals surface area contributed by atoms with Crippen LogP contribution in [0.4, 0.5) is 10.5 Å². The fourth-order valence-electron chi connectivity index (χ4n) is 4.14. The summed E-state index contributed by atoms with van der Waals surface area (Å²) in [6, 6.07) is 18.6. The molecule has 1 N–H and O–H groups in total. The van der Waals surface area contributed by atoms with Gasteiger partial charge in [0.1, 0.15) is 5.75 Å². The molecule has 4 rings (SSSR count). The normalized spacial score (nSPS) is 21.9. The monoisotopic (exact) mass is 365 g/mol. The van der Waals surface area contributed by atoms with Crippen LogP contribution in [0.15, 0.2) is 54.6 Å². The Balaban J connectivity index is 1.37. The first kappa shape index (κ1) is 17.9. The summed E-state index contributed by atoms with van der Waals surface area (Å²) in [6.07, 6.45) is 1.08. The van der Waals surface area contributed by atoms with Crippen molar-refractivity contribution in [1.82, 2.24) is 9.80 Å². The lowest BCUT2D eigenvalue weighted by molar-refractivity contribution is -0.0377. The molecule has 2 aromatic rings. The molecule has 0 spiro atoms. The number of nitrogens with zero attached hydrogens (tertiary/aromatic N) is 2. The molecule has 142 valence electrons. The van der Waals surface area contributed by atoms with Gasteiger partial charge in [-0.2, -0.15) is 0 Å². The second-order valence-corrected chi connectivity index (χ2v) is 7.34. The molecular formula is C22H27N3O2. The number of nitrogens with one attached hydrogen (secondary N) is 1. The molecular weight excluding hydrogens is 338 g/mol. The van der Waals surface area contributed by atoms with Gasteiger partial charge in [0, 0.05) is 32.2 Å². The Morgan fingerprint density at radius 3 is 2.70 bits per heavy atom. The van der Waals surface area contributed by atoms with E-state index in [1.54, 1.807) is 0 Å². The quantitative estimate of drug-likeness (QED) is 0.876. The van der Waals surface area contributed by atoms with Crippen LogP contribution < -0.4 is 10.1 Å². The molecule has 5 heteroatoms. The minimum absolute atomic E-state index is 0.0350. The summed E-state index contributed by atoms with van der Waals surface area (Å²) in [5.74, 6) is 1.44. The zero-order chi connectivity index (χ0) is 18.6. The van der Waals surface area contributed by atoms with Crippen LogP contribution in [0.25, 0.3) is 0 Å². The number of carbonyl (C=O) groups is 1. The zero-order valence-electron chi connectivity index (χ0n) is 15.8. The number of para-hydroxylation sites is 2. The van der Waals surface area contributed by atoms with Crippen molar-refractivity contribution in [3.05, 3.63) is 60.2 Å². The van der Waals surface area contributed by atoms with Crippen molar-refractivity contribution in [3.63, 3.8) is 0 Å². The Kier molecular flexibility index (Phi) is 5.30. The SMILES string of the molecule is CCOc1ccccc1NC(=O)N1CC[C@H]2CN(Cc3ccccc3)[C@H]2C1. The van der Waals surface area contributed by atoms with Crippen molar-refractivity contribution in [2.24, 2.45) is 5.92 Å². The van der Waals surface area contributed by atoms with Gasteiger partial charge in [0.2, 0.25) is 0 Å². The molecule has 0 aliphatic carbocycles. The summed E-state index contributed by atoms with van der Waals surface area (Å²) >= 11 is 0. The molecule has 2 aromatic carbocycles. The first-order chi connectivity index (χ1) is 13.2. The van der Waals surface area contributed by atoms with Crippen molar-refractivity contribution < 1.29 is 9.53 Å². The van der Waals surface area contributed by atoms with Gasteiger partial charge >= 0.3 is 6.03 Å². The number of piperidine rings is 1. The number of carbonyl (C=O) groups excluding carboxylic acids is 1. The Bertz CT molecular complexity index is 780. The third kappa shape index (κ3) is 3.93. The van der Waals surface area contributed by atoms with E-state index < -0.39 is 0 Å². The molecule has 5 nitrogen and oxygen atoms in total. The van der Waals surface area contributed by atoms with Crippen molar-refractivity contribution in [2.45, 2.75) is 25.9 Å². The minimum atomic E-state index is -0.0350. The summed E-state index contributed by atoms with van der Waals surface area (Å²) in [5, 5.41) is 3.03. The lowest BCUT2D eigenvalue weighted by atomic mass is 9.82. The van der Waals surface area contributed by atoms with Crippen LogP contribution in [0.5, 0.6) is 5.75 Å². The van der Waals surface area contributed by atoms with Gasteiger partial charge in [0.05, 0.1) is 12.3 Å². The van der Waals surface area contributed by atoms with Gasteiger partial charge in [-0.3, -0.25) is 4.90 Å². The van der Waals surface area contributed by atoms with Gasteiger partial charge in [0.15, 0.2) is 0 Å². The number of ether oxygens (including phenoxy) is 1. The molecule has 0 radical (unpaired) electrons. The predicted molar refractivity (Wildman–Crippen MR) is 107 cm³/mol. The van der Waals surface area contributed by atoms with Gasteiger partial charge in [0.25, 0.3) is 0 Å². The molecule has 2 atom stereocenters. The van der Waals surface area contributed by atoms with Gasteiger partial charge in [-0.25, -0.2) is 4.79 Å². The second kappa shape index (κ2) is 8.01. The molecule has 0 saturated carbocycles. The zero-order valence-corrected chi connectivity index (χ0v) is 15.8. The summed E-state index contributed by atoms with van der Waals surface area (Å²) < 4.78 is 5.62. The van der Waals surface area contributed by atoms with Crippen LogP contribution in [-0.4, -0.2) is 48.1 Å². The Hall–Kier alpha value is -2.53. The van der Waals surface area contributed by atoms with Crippen LogP contribution in [0.2, 0.25) is 0 Å². The summed E-state index contributed by atoms with van der Waals surface area (Å²) in [7, 11) is 0. The molecule has 27 heavy (non-hydrogen) atoms. The Morgan fingerprint density at radius 2 is 1.89 bits per heavy atom. The van der Waals surface area contributed by atoms with Crippen molar-refractivity contribution in [2.75, 3.05) is 31.6 Å². The van der Waals surface area contributed by atoms with Crippen LogP contribution >= 0.6 is 0 Å². The fraction of sp³-hybridized carbons (Fsp3) is 0.409. The van der Waals surface area contributed by atoms with Gasteiger partial charge in [-0.15, -0.1) is 0 Å². The Labute approximate surface area is 160 Å². The number of urea groups is 1. The predicted octanol–water partition coefficient (Wildman–Crippen LogP) is 3.82. The third-order valence-electron chi connectivity index (χ3n) is 5.60. The van der Waals surface area contributed by atoms with Crippen molar-refractivity contribution >= 4 is 11.7 Å². The number of benzene rings is 2. The van der Waals surface area contributed by atoms with E-state index in [9.17, 15) is 4.79 Å². The molecule has 2 amide bonds. The van der Waals surface area contributed by atoms with E-state index in [1.807, 2.05) is 36.1 Å². The standard InChI is InChI=1S/C22H27N3O2/c1-2-27-21-11-7-6-10-19(21)23-22(26)24-13-12-18-15-25(20(18)16-24)14-17-8-4-3-5-9-17/h3-11,18,20H,2,12-16H2,1H3,(H,23,26)/t18-,20-/m0/s1. The summed E-state index contributed by atoms with van der Waals surface area (Å²) in [5.41, 5.74) is 2.07. The first-order valence-electron chi connectivity index (χ1n) is 9.80. The van der Waals surface area contributed by atoms with Gasteiger partial charge < -0.3 is 15.0 Å². The van der Waals surface area contributed by atoms with E-state index in [0.29, 0.717) is 18.6 Å². The highest BCUT2D eigenvalue weighted by Gasteiger charge is 2.43. The molecule has 0 aromatic heterocycles. The molecule has 2 fully saturated rings. The number of hydrogen-bond acceptors (Lipinski definition) is 3. The van der Waals surface area contributed by atoms with Crippen molar-refractivity contribution in [1.29, 1.82) is 0 Å². The molecule has 2 saturated heterocycles. The number of rotatable bonds is 5. The number of hydrogen-bond donors (Lipinski definition) is 1.